The minimum Gasteiger partial charge on any atom is -0.496 e. The molecule has 2 aromatic carbocycles. The molecular formula is C24H28N2O4. The Morgan fingerprint density at radius 3 is 2.23 bits per heavy atom. The summed E-state index contributed by atoms with van der Waals surface area (Å²) in [5, 5.41) is 7.11. The van der Waals surface area contributed by atoms with E-state index in [0.717, 1.165) is 22.6 Å². The van der Waals surface area contributed by atoms with Crippen LogP contribution in [-0.2, 0) is 4.79 Å². The molecule has 2 N–H and O–H groups in total. The number of nitrogens with one attached hydrogen (secondary N) is 2. The Hall–Kier alpha value is -3.15. The van der Waals surface area contributed by atoms with E-state index in [1.165, 1.54) is 0 Å². The van der Waals surface area contributed by atoms with Crippen LogP contribution in [0, 0.1) is 11.3 Å². The zero-order valence-electron chi connectivity index (χ0n) is 18.0. The molecule has 0 radical (unpaired) electrons. The number of Topliss-reactive ketones (excluding diaryl/α,β-unsaturated/α-hetero) is 1. The molecule has 0 saturated carbocycles. The van der Waals surface area contributed by atoms with E-state index in [-0.39, 0.29) is 23.2 Å². The van der Waals surface area contributed by atoms with Crippen molar-refractivity contribution in [2.75, 3.05) is 32.0 Å². The van der Waals surface area contributed by atoms with Crippen LogP contribution in [0.15, 0.2) is 48.2 Å². The first kappa shape index (κ1) is 20.1. The quantitative estimate of drug-likeness (QED) is 0.758. The summed E-state index contributed by atoms with van der Waals surface area (Å²) < 4.78 is 16.7. The Kier molecular flexibility index (Phi) is 5.10. The van der Waals surface area contributed by atoms with Gasteiger partial charge in [0, 0.05) is 23.7 Å². The van der Waals surface area contributed by atoms with Crippen LogP contribution in [0.3, 0.4) is 0 Å². The van der Waals surface area contributed by atoms with E-state index in [1.54, 1.807) is 27.4 Å². The Morgan fingerprint density at radius 1 is 0.933 bits per heavy atom. The highest BCUT2D eigenvalue weighted by Gasteiger charge is 2.42. The number of anilines is 2. The van der Waals surface area contributed by atoms with Gasteiger partial charge < -0.3 is 24.8 Å². The maximum atomic E-state index is 13.4. The topological polar surface area (TPSA) is 68.8 Å². The molecule has 0 amide bonds. The summed E-state index contributed by atoms with van der Waals surface area (Å²) in [5.74, 6) is 1.62. The second-order valence-corrected chi connectivity index (χ2v) is 8.45. The second kappa shape index (κ2) is 7.59. The fraction of sp³-hybridized carbons (Fsp3) is 0.375. The van der Waals surface area contributed by atoms with Gasteiger partial charge in [-0.25, -0.2) is 0 Å². The lowest BCUT2D eigenvalue weighted by Gasteiger charge is -2.36. The van der Waals surface area contributed by atoms with E-state index >= 15 is 0 Å². The molecule has 6 nitrogen and oxygen atoms in total. The predicted molar refractivity (Wildman–Crippen MR) is 118 cm³/mol. The third-order valence-corrected chi connectivity index (χ3v) is 5.78. The number of allylic oxidation sites excluding steroid dienone is 1. The Labute approximate surface area is 177 Å². The lowest BCUT2D eigenvalue weighted by molar-refractivity contribution is -0.124. The van der Waals surface area contributed by atoms with Crippen LogP contribution in [0.2, 0.25) is 0 Å². The van der Waals surface area contributed by atoms with Gasteiger partial charge in [-0.1, -0.05) is 32.1 Å². The SMILES string of the molecule is COc1cc(OC)c(C2Nc3ccccc3NC3=CC(C)(C)CC(=O)C32)cc1OC. The van der Waals surface area contributed by atoms with Crippen molar-refractivity contribution in [3.8, 4) is 17.2 Å². The number of rotatable bonds is 4. The second-order valence-electron chi connectivity index (χ2n) is 8.45. The van der Waals surface area contributed by atoms with Gasteiger partial charge in [0.05, 0.1) is 44.7 Å². The highest BCUT2D eigenvalue weighted by atomic mass is 16.5. The number of methoxy groups -OCH3 is 3. The van der Waals surface area contributed by atoms with Gasteiger partial charge >= 0.3 is 0 Å². The molecule has 30 heavy (non-hydrogen) atoms. The van der Waals surface area contributed by atoms with Gasteiger partial charge in [-0.15, -0.1) is 0 Å². The van der Waals surface area contributed by atoms with Gasteiger partial charge in [0.2, 0.25) is 0 Å². The molecule has 6 heteroatoms. The lowest BCUT2D eigenvalue weighted by Crippen LogP contribution is -2.36. The zero-order valence-corrected chi connectivity index (χ0v) is 18.0. The van der Waals surface area contributed by atoms with Crippen molar-refractivity contribution >= 4 is 17.2 Å². The number of carbonyl (C=O) groups excluding carboxylic acids is 1. The van der Waals surface area contributed by atoms with E-state index in [0.29, 0.717) is 23.7 Å². The number of carbonyl (C=O) groups is 1. The van der Waals surface area contributed by atoms with Gasteiger partial charge in [-0.3, -0.25) is 4.79 Å². The zero-order chi connectivity index (χ0) is 21.5. The summed E-state index contributed by atoms with van der Waals surface area (Å²) in [4.78, 5) is 13.4. The summed E-state index contributed by atoms with van der Waals surface area (Å²) in [5.41, 5.74) is 3.43. The summed E-state index contributed by atoms with van der Waals surface area (Å²) >= 11 is 0. The van der Waals surface area contributed by atoms with Crippen LogP contribution in [0.25, 0.3) is 0 Å². The van der Waals surface area contributed by atoms with Crippen LogP contribution in [-0.4, -0.2) is 27.1 Å². The van der Waals surface area contributed by atoms with Crippen molar-refractivity contribution in [1.29, 1.82) is 0 Å². The number of fused-ring (bicyclic) bond motifs is 2. The molecule has 1 aliphatic heterocycles. The molecule has 0 saturated heterocycles. The number of ether oxygens (including phenoxy) is 3. The van der Waals surface area contributed by atoms with E-state index in [4.69, 9.17) is 14.2 Å². The third kappa shape index (κ3) is 3.47. The first-order valence-corrected chi connectivity index (χ1v) is 10.0. The molecule has 0 aromatic heterocycles. The third-order valence-electron chi connectivity index (χ3n) is 5.78. The van der Waals surface area contributed by atoms with Gasteiger partial charge in [0.1, 0.15) is 11.5 Å². The van der Waals surface area contributed by atoms with Gasteiger partial charge in [0.15, 0.2) is 11.5 Å². The Balaban J connectivity index is 1.93. The van der Waals surface area contributed by atoms with Crippen LogP contribution < -0.4 is 24.8 Å². The average molecular weight is 408 g/mol. The monoisotopic (exact) mass is 408 g/mol. The largest absolute Gasteiger partial charge is 0.496 e. The summed E-state index contributed by atoms with van der Waals surface area (Å²) in [6, 6.07) is 11.4. The Morgan fingerprint density at radius 2 is 1.57 bits per heavy atom. The van der Waals surface area contributed by atoms with Crippen molar-refractivity contribution in [2.45, 2.75) is 26.3 Å². The molecule has 2 unspecified atom stereocenters. The van der Waals surface area contributed by atoms with E-state index in [1.807, 2.05) is 30.3 Å². The molecular weight excluding hydrogens is 380 g/mol. The van der Waals surface area contributed by atoms with E-state index in [9.17, 15) is 4.79 Å². The highest BCUT2D eigenvalue weighted by molar-refractivity contribution is 5.90. The van der Waals surface area contributed by atoms with E-state index < -0.39 is 0 Å². The van der Waals surface area contributed by atoms with Crippen LogP contribution in [0.1, 0.15) is 31.9 Å². The van der Waals surface area contributed by atoms with Gasteiger partial charge in [-0.05, 0) is 23.6 Å². The van der Waals surface area contributed by atoms with Crippen LogP contribution >= 0.6 is 0 Å². The normalized spacial score (nSPS) is 21.8. The van der Waals surface area contributed by atoms with Crippen LogP contribution in [0.5, 0.6) is 17.2 Å². The minimum absolute atomic E-state index is 0.187. The van der Waals surface area contributed by atoms with Crippen molar-refractivity contribution in [2.24, 2.45) is 11.3 Å². The lowest BCUT2D eigenvalue weighted by atomic mass is 9.72. The first-order chi connectivity index (χ1) is 14.4. The summed E-state index contributed by atoms with van der Waals surface area (Å²) in [6.07, 6.45) is 2.66. The number of ketones is 1. The molecule has 0 fully saturated rings. The summed E-state index contributed by atoms with van der Waals surface area (Å²) in [6.45, 7) is 4.18. The molecule has 2 atom stereocenters. The molecule has 0 spiro atoms. The van der Waals surface area contributed by atoms with Gasteiger partial charge in [0.25, 0.3) is 0 Å². The van der Waals surface area contributed by atoms with Crippen molar-refractivity contribution in [3.63, 3.8) is 0 Å². The van der Waals surface area contributed by atoms with Gasteiger partial charge in [-0.2, -0.15) is 0 Å². The average Bonchev–Trinajstić information content (AvgIpc) is 2.88. The first-order valence-electron chi connectivity index (χ1n) is 10.0. The molecule has 2 aliphatic rings. The molecule has 1 heterocycles. The number of hydrogen-bond donors (Lipinski definition) is 2. The standard InChI is InChI=1S/C24H28N2O4/c1-24(2)12-17-22(18(27)13-24)23(26-16-9-7-6-8-15(16)25-17)14-10-20(29-4)21(30-5)11-19(14)28-3/h6-12,22-23,25-26H,13H2,1-5H3. The van der Waals surface area contributed by atoms with Crippen LogP contribution in [0.4, 0.5) is 11.4 Å². The maximum Gasteiger partial charge on any atom is 0.164 e. The van der Waals surface area contributed by atoms with E-state index in [2.05, 4.69) is 30.6 Å². The fourth-order valence-corrected chi connectivity index (χ4v) is 4.45. The molecule has 4 rings (SSSR count). The number of benzene rings is 2. The fourth-order valence-electron chi connectivity index (χ4n) is 4.45. The highest BCUT2D eigenvalue weighted by Crippen LogP contribution is 2.48. The molecule has 2 aromatic rings. The predicted octanol–water partition coefficient (Wildman–Crippen LogP) is 4.79. The minimum atomic E-state index is -0.377. The van der Waals surface area contributed by atoms with Crippen molar-refractivity contribution in [3.05, 3.63) is 53.7 Å². The Bertz CT molecular complexity index is 1010. The number of para-hydroxylation sites is 2. The smallest absolute Gasteiger partial charge is 0.164 e. The van der Waals surface area contributed by atoms with Crippen molar-refractivity contribution < 1.29 is 19.0 Å². The molecule has 1 aliphatic carbocycles. The maximum absolute atomic E-state index is 13.4. The van der Waals surface area contributed by atoms with Crippen molar-refractivity contribution in [1.82, 2.24) is 0 Å². The number of hydrogen-bond acceptors (Lipinski definition) is 6. The molecule has 0 bridgehead atoms. The summed E-state index contributed by atoms with van der Waals surface area (Å²) in [7, 11) is 4.82. The molecule has 158 valence electrons.